The fourth-order valence-corrected chi connectivity index (χ4v) is 5.71. The molecule has 2 aromatic carbocycles. The molecule has 0 aromatic heterocycles. The van der Waals surface area contributed by atoms with Gasteiger partial charge in [0.25, 0.3) is 0 Å². The lowest BCUT2D eigenvalue weighted by atomic mass is 10.2. The van der Waals surface area contributed by atoms with Crippen LogP contribution in [-0.2, 0) is 25.8 Å². The number of amides is 2. The summed E-state index contributed by atoms with van der Waals surface area (Å²) in [7, 11) is -3.67. The average molecular weight is 459 g/mol. The number of fused-ring (bicyclic) bond motifs is 1. The smallest absolute Gasteiger partial charge is 0.230 e. The maximum Gasteiger partial charge on any atom is 0.230 e. The number of nitrogens with one attached hydrogen (secondary N) is 1. The van der Waals surface area contributed by atoms with Crippen molar-refractivity contribution in [2.45, 2.75) is 47.6 Å². The summed E-state index contributed by atoms with van der Waals surface area (Å²) < 4.78 is 26.2. The average Bonchev–Trinajstić information content (AvgIpc) is 3.52. The minimum atomic E-state index is -3.67. The van der Waals surface area contributed by atoms with E-state index in [1.807, 2.05) is 24.5 Å². The van der Waals surface area contributed by atoms with Crippen molar-refractivity contribution < 1.29 is 18.0 Å². The van der Waals surface area contributed by atoms with Crippen LogP contribution in [0.3, 0.4) is 0 Å². The zero-order valence-corrected chi connectivity index (χ0v) is 19.3. The molecule has 2 aliphatic rings. The van der Waals surface area contributed by atoms with Crippen molar-refractivity contribution in [3.63, 3.8) is 0 Å². The third kappa shape index (κ3) is 4.65. The van der Waals surface area contributed by atoms with E-state index in [-0.39, 0.29) is 29.0 Å². The van der Waals surface area contributed by atoms with E-state index in [9.17, 15) is 18.0 Å². The standard InChI is InChI=1S/C23H26N2O4S2/c1-15(12-22(26)24-18-4-3-5-19(14-18)30-2)31(28,29)20-8-9-21-17(13-20)10-11-25(21)23(27)16-6-7-16/h3-5,8-9,13-16H,6-7,10-12H2,1-2H3,(H,24,26)/t15-/m1/s1. The lowest BCUT2D eigenvalue weighted by molar-refractivity contribution is -0.119. The number of thioether (sulfide) groups is 1. The van der Waals surface area contributed by atoms with Gasteiger partial charge in [0.1, 0.15) is 0 Å². The maximum absolute atomic E-state index is 13.1. The number of sulfone groups is 1. The molecule has 1 atom stereocenters. The molecular formula is C23H26N2O4S2. The van der Waals surface area contributed by atoms with Gasteiger partial charge >= 0.3 is 0 Å². The lowest BCUT2D eigenvalue weighted by Gasteiger charge is -2.18. The van der Waals surface area contributed by atoms with Gasteiger partial charge in [-0.3, -0.25) is 9.59 Å². The van der Waals surface area contributed by atoms with Gasteiger partial charge in [0.05, 0.1) is 10.1 Å². The Balaban J connectivity index is 1.45. The molecule has 0 radical (unpaired) electrons. The number of carbonyl (C=O) groups excluding carboxylic acids is 2. The van der Waals surface area contributed by atoms with Crippen molar-refractivity contribution in [3.8, 4) is 0 Å². The highest BCUT2D eigenvalue weighted by atomic mass is 32.2. The summed E-state index contributed by atoms with van der Waals surface area (Å²) in [5.74, 6) is -0.0638. The molecule has 0 spiro atoms. The van der Waals surface area contributed by atoms with Crippen LogP contribution in [0.2, 0.25) is 0 Å². The van der Waals surface area contributed by atoms with E-state index in [4.69, 9.17) is 0 Å². The fraction of sp³-hybridized carbons (Fsp3) is 0.391. The van der Waals surface area contributed by atoms with Crippen LogP contribution >= 0.6 is 11.8 Å². The maximum atomic E-state index is 13.1. The molecule has 1 heterocycles. The summed E-state index contributed by atoms with van der Waals surface area (Å²) in [5, 5.41) is 1.93. The zero-order valence-electron chi connectivity index (χ0n) is 17.6. The Morgan fingerprint density at radius 3 is 2.68 bits per heavy atom. The number of benzene rings is 2. The molecule has 4 rings (SSSR count). The SMILES string of the molecule is CSc1cccc(NC(=O)C[C@@H](C)S(=O)(=O)c2ccc3c(c2)CCN3C(=O)C2CC2)c1. The predicted molar refractivity (Wildman–Crippen MR) is 123 cm³/mol. The van der Waals surface area contributed by atoms with Crippen molar-refractivity contribution in [2.24, 2.45) is 5.92 Å². The molecule has 1 aliphatic heterocycles. The summed E-state index contributed by atoms with van der Waals surface area (Å²) in [4.78, 5) is 27.9. The number of carbonyl (C=O) groups is 2. The quantitative estimate of drug-likeness (QED) is 0.636. The van der Waals surface area contributed by atoms with Crippen LogP contribution in [0.15, 0.2) is 52.3 Å². The fourth-order valence-electron chi connectivity index (χ4n) is 3.85. The number of nitrogens with zero attached hydrogens (tertiary/aromatic N) is 1. The first kappa shape index (κ1) is 21.9. The number of anilines is 2. The molecule has 1 N–H and O–H groups in total. The molecule has 31 heavy (non-hydrogen) atoms. The Morgan fingerprint density at radius 2 is 1.97 bits per heavy atom. The Bertz CT molecular complexity index is 1130. The van der Waals surface area contributed by atoms with Crippen LogP contribution in [-0.4, -0.2) is 38.3 Å². The minimum Gasteiger partial charge on any atom is -0.326 e. The number of hydrogen-bond donors (Lipinski definition) is 1. The van der Waals surface area contributed by atoms with E-state index in [2.05, 4.69) is 5.32 Å². The monoisotopic (exact) mass is 458 g/mol. The molecule has 1 fully saturated rings. The Hall–Kier alpha value is -2.32. The van der Waals surface area contributed by atoms with Gasteiger partial charge in [-0.15, -0.1) is 11.8 Å². The van der Waals surface area contributed by atoms with Gasteiger partial charge < -0.3 is 10.2 Å². The highest BCUT2D eigenvalue weighted by Crippen LogP contribution is 2.37. The van der Waals surface area contributed by atoms with Crippen molar-refractivity contribution in [2.75, 3.05) is 23.0 Å². The first-order valence-electron chi connectivity index (χ1n) is 10.4. The largest absolute Gasteiger partial charge is 0.326 e. The van der Waals surface area contributed by atoms with Crippen molar-refractivity contribution in [1.82, 2.24) is 0 Å². The second-order valence-corrected chi connectivity index (χ2v) is 11.4. The summed E-state index contributed by atoms with van der Waals surface area (Å²) in [6.45, 7) is 2.16. The molecule has 2 amide bonds. The number of hydrogen-bond acceptors (Lipinski definition) is 5. The van der Waals surface area contributed by atoms with Gasteiger partial charge in [-0.2, -0.15) is 0 Å². The molecule has 1 aliphatic carbocycles. The first-order chi connectivity index (χ1) is 14.8. The van der Waals surface area contributed by atoms with Gasteiger partial charge in [-0.25, -0.2) is 8.42 Å². The molecule has 164 valence electrons. The van der Waals surface area contributed by atoms with E-state index in [1.165, 1.54) is 0 Å². The normalized spacial score (nSPS) is 16.6. The molecule has 2 aromatic rings. The third-order valence-electron chi connectivity index (χ3n) is 5.82. The van der Waals surface area contributed by atoms with Crippen LogP contribution in [0.25, 0.3) is 0 Å². The van der Waals surface area contributed by atoms with Crippen LogP contribution in [0, 0.1) is 5.92 Å². The topological polar surface area (TPSA) is 83.6 Å². The molecule has 0 unspecified atom stereocenters. The van der Waals surface area contributed by atoms with Crippen molar-refractivity contribution >= 4 is 44.8 Å². The van der Waals surface area contributed by atoms with Crippen molar-refractivity contribution in [1.29, 1.82) is 0 Å². The molecule has 0 saturated heterocycles. The summed E-state index contributed by atoms with van der Waals surface area (Å²) in [6.07, 6.45) is 4.36. The Kier molecular flexibility index (Phi) is 6.12. The van der Waals surface area contributed by atoms with E-state index < -0.39 is 15.1 Å². The van der Waals surface area contributed by atoms with Gasteiger partial charge in [-0.1, -0.05) is 6.07 Å². The van der Waals surface area contributed by atoms with Crippen LogP contribution in [0.5, 0.6) is 0 Å². The summed E-state index contributed by atoms with van der Waals surface area (Å²) in [5.41, 5.74) is 2.34. The van der Waals surface area contributed by atoms with Gasteiger partial charge in [0, 0.05) is 35.2 Å². The Morgan fingerprint density at radius 1 is 1.19 bits per heavy atom. The van der Waals surface area contributed by atoms with Gasteiger partial charge in [0.2, 0.25) is 11.8 Å². The van der Waals surface area contributed by atoms with Crippen LogP contribution in [0.4, 0.5) is 11.4 Å². The highest BCUT2D eigenvalue weighted by Gasteiger charge is 2.37. The zero-order chi connectivity index (χ0) is 22.2. The van der Waals surface area contributed by atoms with Crippen molar-refractivity contribution in [3.05, 3.63) is 48.0 Å². The molecule has 6 nitrogen and oxygen atoms in total. The van der Waals surface area contributed by atoms with Gasteiger partial charge in [-0.05, 0) is 74.4 Å². The van der Waals surface area contributed by atoms with E-state index in [0.717, 1.165) is 29.0 Å². The van der Waals surface area contributed by atoms with E-state index >= 15 is 0 Å². The summed E-state index contributed by atoms with van der Waals surface area (Å²) >= 11 is 1.57. The Labute approximate surface area is 187 Å². The molecule has 1 saturated carbocycles. The second-order valence-electron chi connectivity index (χ2n) is 8.14. The molecule has 8 heteroatoms. The van der Waals surface area contributed by atoms with Crippen LogP contribution < -0.4 is 10.2 Å². The van der Waals surface area contributed by atoms with E-state index in [0.29, 0.717) is 18.7 Å². The lowest BCUT2D eigenvalue weighted by Crippen LogP contribution is -2.30. The van der Waals surface area contributed by atoms with Crippen LogP contribution in [0.1, 0.15) is 31.7 Å². The number of rotatable bonds is 7. The second kappa shape index (κ2) is 8.67. The highest BCUT2D eigenvalue weighted by molar-refractivity contribution is 7.98. The van der Waals surface area contributed by atoms with E-state index in [1.54, 1.807) is 47.9 Å². The molecule has 0 bridgehead atoms. The first-order valence-corrected chi connectivity index (χ1v) is 13.2. The van der Waals surface area contributed by atoms with Gasteiger partial charge in [0.15, 0.2) is 9.84 Å². The third-order valence-corrected chi connectivity index (χ3v) is 8.69. The summed E-state index contributed by atoms with van der Waals surface area (Å²) in [6, 6.07) is 12.4. The molecular weight excluding hydrogens is 432 g/mol. The predicted octanol–water partition coefficient (Wildman–Crippen LogP) is 3.90. The minimum absolute atomic E-state index is 0.129.